The minimum absolute atomic E-state index is 0.0519. The van der Waals surface area contributed by atoms with E-state index in [1.807, 2.05) is 0 Å². The Hall–Kier alpha value is -3.70. The number of hydrogen-bond donors (Lipinski definition) is 1. The molecule has 0 aliphatic heterocycles. The highest BCUT2D eigenvalue weighted by Crippen LogP contribution is 2.35. The maximum absolute atomic E-state index is 12.2. The molecule has 0 saturated carbocycles. The Balaban J connectivity index is 2.17. The van der Waals surface area contributed by atoms with Crippen LogP contribution in [0.2, 0.25) is 0 Å². The molecule has 3 rings (SSSR count). The minimum atomic E-state index is -0.511. The lowest BCUT2D eigenvalue weighted by Crippen LogP contribution is -2.10. The number of benzene rings is 2. The minimum Gasteiger partial charge on any atom is -0.504 e. The van der Waals surface area contributed by atoms with Gasteiger partial charge in [-0.3, -0.25) is 0 Å². The van der Waals surface area contributed by atoms with Crippen LogP contribution in [0.1, 0.15) is 22.8 Å². The Morgan fingerprint density at radius 3 is 2.66 bits per heavy atom. The topological polar surface area (TPSA) is 103 Å². The first kappa shape index (κ1) is 20.0. The van der Waals surface area contributed by atoms with Gasteiger partial charge in [0.15, 0.2) is 18.3 Å². The maximum atomic E-state index is 12.2. The van der Waals surface area contributed by atoms with Crippen LogP contribution in [0.25, 0.3) is 16.6 Å². The molecule has 1 aromatic heterocycles. The van der Waals surface area contributed by atoms with Crippen LogP contribution in [-0.2, 0) is 9.47 Å². The molecule has 0 aliphatic rings. The molecule has 0 fully saturated rings. The van der Waals surface area contributed by atoms with Gasteiger partial charge < -0.3 is 28.6 Å². The van der Waals surface area contributed by atoms with E-state index in [4.69, 9.17) is 18.9 Å². The highest BCUT2D eigenvalue weighted by Gasteiger charge is 2.18. The SMILES string of the molecule is CCOC(=O)c1ccc(-n2cc(C#N)c3cc(OC)c(O)cc32)cc1OCOC. The first-order chi connectivity index (χ1) is 14.0. The van der Waals surface area contributed by atoms with E-state index in [1.165, 1.54) is 20.3 Å². The van der Waals surface area contributed by atoms with Gasteiger partial charge in [-0.25, -0.2) is 4.79 Å². The predicted octanol–water partition coefficient (Wildman–Crippen LogP) is 3.38. The molecule has 0 radical (unpaired) electrons. The summed E-state index contributed by atoms with van der Waals surface area (Å²) in [6.45, 7) is 1.90. The Bertz CT molecular complexity index is 1100. The van der Waals surface area contributed by atoms with Crippen LogP contribution < -0.4 is 9.47 Å². The first-order valence-electron chi connectivity index (χ1n) is 8.79. The van der Waals surface area contributed by atoms with Crippen molar-refractivity contribution in [3.8, 4) is 29.0 Å². The molecule has 8 nitrogen and oxygen atoms in total. The summed E-state index contributed by atoms with van der Waals surface area (Å²) in [5.41, 5.74) is 1.89. The van der Waals surface area contributed by atoms with Gasteiger partial charge in [-0.15, -0.1) is 0 Å². The number of rotatable bonds is 7. The average Bonchev–Trinajstić information content (AvgIpc) is 3.08. The first-order valence-corrected chi connectivity index (χ1v) is 8.79. The van der Waals surface area contributed by atoms with Crippen molar-refractivity contribution in [1.29, 1.82) is 5.26 Å². The molecule has 0 spiro atoms. The molecule has 1 heterocycles. The zero-order valence-corrected chi connectivity index (χ0v) is 16.3. The molecule has 3 aromatic rings. The molecule has 0 saturated heterocycles. The standard InChI is InChI=1S/C21H20N2O6/c1-4-28-21(25)15-6-5-14(7-19(15)29-12-26-2)23-11-13(10-22)16-8-20(27-3)18(24)9-17(16)23/h5-9,11,24H,4,12H2,1-3H3. The third-order valence-electron chi connectivity index (χ3n) is 4.30. The molecule has 0 unspecified atom stereocenters. The van der Waals surface area contributed by atoms with Crippen LogP contribution in [0, 0.1) is 11.3 Å². The van der Waals surface area contributed by atoms with E-state index in [-0.39, 0.29) is 36.2 Å². The van der Waals surface area contributed by atoms with E-state index in [2.05, 4.69) is 6.07 Å². The number of nitriles is 1. The number of aromatic hydroxyl groups is 1. The van der Waals surface area contributed by atoms with Crippen LogP contribution >= 0.6 is 0 Å². The van der Waals surface area contributed by atoms with E-state index in [0.717, 1.165) is 0 Å². The highest BCUT2D eigenvalue weighted by molar-refractivity contribution is 5.94. The Morgan fingerprint density at radius 1 is 1.21 bits per heavy atom. The largest absolute Gasteiger partial charge is 0.504 e. The fraction of sp³-hybridized carbons (Fsp3) is 0.238. The van der Waals surface area contributed by atoms with Crippen molar-refractivity contribution in [3.63, 3.8) is 0 Å². The Morgan fingerprint density at radius 2 is 2.00 bits per heavy atom. The number of carbonyl (C=O) groups is 1. The van der Waals surface area contributed by atoms with Gasteiger partial charge in [0, 0.05) is 36.5 Å². The number of nitrogens with zero attached hydrogens (tertiary/aromatic N) is 2. The summed E-state index contributed by atoms with van der Waals surface area (Å²) in [5.74, 6) is -0.0140. The van der Waals surface area contributed by atoms with Crippen LogP contribution in [0.5, 0.6) is 17.2 Å². The van der Waals surface area contributed by atoms with Gasteiger partial charge in [0.05, 0.1) is 24.8 Å². The second-order valence-corrected chi connectivity index (χ2v) is 6.02. The van der Waals surface area contributed by atoms with E-state index in [1.54, 1.807) is 42.0 Å². The van der Waals surface area contributed by atoms with Crippen LogP contribution in [-0.4, -0.2) is 43.3 Å². The van der Waals surface area contributed by atoms with Crippen molar-refractivity contribution in [2.24, 2.45) is 0 Å². The summed E-state index contributed by atoms with van der Waals surface area (Å²) in [6.07, 6.45) is 1.64. The number of esters is 1. The normalized spacial score (nSPS) is 10.6. The van der Waals surface area contributed by atoms with Gasteiger partial charge in [0.1, 0.15) is 17.4 Å². The molecule has 0 atom stereocenters. The van der Waals surface area contributed by atoms with Crippen LogP contribution in [0.3, 0.4) is 0 Å². The van der Waals surface area contributed by atoms with Crippen molar-refractivity contribution in [3.05, 3.63) is 47.7 Å². The number of methoxy groups -OCH3 is 2. The maximum Gasteiger partial charge on any atom is 0.341 e. The summed E-state index contributed by atoms with van der Waals surface area (Å²) in [5, 5.41) is 20.3. The number of ether oxygens (including phenoxy) is 4. The monoisotopic (exact) mass is 396 g/mol. The van der Waals surface area contributed by atoms with Crippen LogP contribution in [0.4, 0.5) is 0 Å². The third-order valence-corrected chi connectivity index (χ3v) is 4.30. The number of phenols is 1. The van der Waals surface area contributed by atoms with Gasteiger partial charge in [-0.2, -0.15) is 5.26 Å². The molecule has 29 heavy (non-hydrogen) atoms. The molecule has 150 valence electrons. The van der Waals surface area contributed by atoms with Crippen LogP contribution in [0.15, 0.2) is 36.5 Å². The third kappa shape index (κ3) is 3.81. The van der Waals surface area contributed by atoms with Crippen molar-refractivity contribution in [2.75, 3.05) is 27.6 Å². The van der Waals surface area contributed by atoms with Crippen molar-refractivity contribution in [2.45, 2.75) is 6.92 Å². The van der Waals surface area contributed by atoms with Gasteiger partial charge in [0.2, 0.25) is 0 Å². The Labute approximate surface area is 167 Å². The summed E-state index contributed by atoms with van der Waals surface area (Å²) >= 11 is 0. The predicted molar refractivity (Wildman–Crippen MR) is 105 cm³/mol. The number of phenolic OH excluding ortho intramolecular Hbond substituents is 1. The fourth-order valence-electron chi connectivity index (χ4n) is 2.99. The van der Waals surface area contributed by atoms with E-state index < -0.39 is 5.97 Å². The second kappa shape index (κ2) is 8.54. The van der Waals surface area contributed by atoms with Gasteiger partial charge in [-0.05, 0) is 25.1 Å². The number of fused-ring (bicyclic) bond motifs is 1. The molecule has 0 amide bonds. The molecule has 0 bridgehead atoms. The lowest BCUT2D eigenvalue weighted by Gasteiger charge is -2.13. The summed E-state index contributed by atoms with van der Waals surface area (Å²) in [7, 11) is 2.92. The summed E-state index contributed by atoms with van der Waals surface area (Å²) in [4.78, 5) is 12.2. The highest BCUT2D eigenvalue weighted by atomic mass is 16.7. The lowest BCUT2D eigenvalue weighted by atomic mass is 10.1. The smallest absolute Gasteiger partial charge is 0.341 e. The fourth-order valence-corrected chi connectivity index (χ4v) is 2.99. The Kier molecular flexibility index (Phi) is 5.90. The molecule has 2 aromatic carbocycles. The second-order valence-electron chi connectivity index (χ2n) is 6.02. The van der Waals surface area contributed by atoms with E-state index in [9.17, 15) is 15.2 Å². The zero-order chi connectivity index (χ0) is 21.0. The lowest BCUT2D eigenvalue weighted by molar-refractivity contribution is 0.0438. The van der Waals surface area contributed by atoms with Crippen molar-refractivity contribution < 1.29 is 28.8 Å². The van der Waals surface area contributed by atoms with Gasteiger partial charge >= 0.3 is 5.97 Å². The molecular formula is C21H20N2O6. The average molecular weight is 396 g/mol. The molecule has 1 N–H and O–H groups in total. The number of aromatic nitrogens is 1. The zero-order valence-electron chi connectivity index (χ0n) is 16.3. The number of carbonyl (C=O) groups excluding carboxylic acids is 1. The summed E-state index contributed by atoms with van der Waals surface area (Å²) in [6, 6.07) is 10.2. The van der Waals surface area contributed by atoms with E-state index >= 15 is 0 Å². The van der Waals surface area contributed by atoms with Crippen molar-refractivity contribution >= 4 is 16.9 Å². The van der Waals surface area contributed by atoms with E-state index in [0.29, 0.717) is 22.2 Å². The molecule has 8 heteroatoms. The van der Waals surface area contributed by atoms with Gasteiger partial charge in [0.25, 0.3) is 0 Å². The van der Waals surface area contributed by atoms with Crippen molar-refractivity contribution in [1.82, 2.24) is 4.57 Å². The number of hydrogen-bond acceptors (Lipinski definition) is 7. The molecular weight excluding hydrogens is 376 g/mol. The van der Waals surface area contributed by atoms with Gasteiger partial charge in [-0.1, -0.05) is 0 Å². The molecule has 0 aliphatic carbocycles. The quantitative estimate of drug-likeness (QED) is 0.482. The summed E-state index contributed by atoms with van der Waals surface area (Å²) < 4.78 is 22.4.